The lowest BCUT2D eigenvalue weighted by Gasteiger charge is -2.40. The van der Waals surface area contributed by atoms with Gasteiger partial charge < -0.3 is 14.4 Å². The molecule has 8 nitrogen and oxygen atoms in total. The topological polar surface area (TPSA) is 68.5 Å². The van der Waals surface area contributed by atoms with E-state index in [0.717, 1.165) is 73.5 Å². The lowest BCUT2D eigenvalue weighted by molar-refractivity contribution is 0.0906. The minimum atomic E-state index is -0.0570. The Labute approximate surface area is 199 Å². The maximum absolute atomic E-state index is 6.19. The Morgan fingerprint density at radius 1 is 1.09 bits per heavy atom. The molecule has 0 radical (unpaired) electrons. The van der Waals surface area contributed by atoms with E-state index in [1.807, 2.05) is 28.9 Å². The molecule has 2 aliphatic heterocycles. The summed E-state index contributed by atoms with van der Waals surface area (Å²) in [5.74, 6) is 1.75. The van der Waals surface area contributed by atoms with E-state index in [4.69, 9.17) is 21.1 Å². The highest BCUT2D eigenvalue weighted by molar-refractivity contribution is 6.30. The molecule has 0 bridgehead atoms. The first-order chi connectivity index (χ1) is 16.2. The molecule has 174 valence electrons. The van der Waals surface area contributed by atoms with E-state index < -0.39 is 0 Å². The third-order valence-corrected chi connectivity index (χ3v) is 6.75. The number of halogens is 1. The minimum absolute atomic E-state index is 0.0570. The SMILES string of the molecule is COc1ccccc1N1CCN(C(c2ccc(Cl)cc2)c2nnnn2CC2CCCO2)CC1. The maximum Gasteiger partial charge on any atom is 0.173 e. The number of aromatic nitrogens is 4. The Morgan fingerprint density at radius 3 is 2.61 bits per heavy atom. The molecular formula is C24H29ClN6O2. The van der Waals surface area contributed by atoms with E-state index in [2.05, 4.69) is 49.6 Å². The summed E-state index contributed by atoms with van der Waals surface area (Å²) in [4.78, 5) is 4.83. The van der Waals surface area contributed by atoms with Crippen molar-refractivity contribution in [3.05, 3.63) is 64.9 Å². The van der Waals surface area contributed by atoms with Crippen LogP contribution >= 0.6 is 11.6 Å². The number of piperazine rings is 1. The molecule has 2 atom stereocenters. The zero-order valence-corrected chi connectivity index (χ0v) is 19.6. The van der Waals surface area contributed by atoms with Crippen LogP contribution in [0.5, 0.6) is 5.75 Å². The third kappa shape index (κ3) is 4.83. The summed E-state index contributed by atoms with van der Waals surface area (Å²) in [6, 6.07) is 16.1. The van der Waals surface area contributed by atoms with Crippen LogP contribution in [0.2, 0.25) is 5.02 Å². The van der Waals surface area contributed by atoms with Crippen LogP contribution in [0.3, 0.4) is 0 Å². The number of anilines is 1. The molecule has 5 rings (SSSR count). The predicted molar refractivity (Wildman–Crippen MR) is 127 cm³/mol. The number of hydrogen-bond donors (Lipinski definition) is 0. The fourth-order valence-corrected chi connectivity index (χ4v) is 4.92. The van der Waals surface area contributed by atoms with Crippen LogP contribution < -0.4 is 9.64 Å². The Morgan fingerprint density at radius 2 is 1.88 bits per heavy atom. The van der Waals surface area contributed by atoms with Crippen LogP contribution in [-0.4, -0.2) is 71.1 Å². The highest BCUT2D eigenvalue weighted by Crippen LogP contribution is 2.33. The number of nitrogens with zero attached hydrogens (tertiary/aromatic N) is 6. The molecule has 3 aromatic rings. The highest BCUT2D eigenvalue weighted by atomic mass is 35.5. The Balaban J connectivity index is 1.40. The summed E-state index contributed by atoms with van der Waals surface area (Å²) in [5, 5.41) is 13.6. The average molecular weight is 469 g/mol. The first kappa shape index (κ1) is 22.1. The fourth-order valence-electron chi connectivity index (χ4n) is 4.80. The number of methoxy groups -OCH3 is 1. The van der Waals surface area contributed by atoms with Gasteiger partial charge in [-0.15, -0.1) is 5.10 Å². The van der Waals surface area contributed by atoms with E-state index in [1.54, 1.807) is 7.11 Å². The number of tetrazole rings is 1. The summed E-state index contributed by atoms with van der Waals surface area (Å²) < 4.78 is 13.3. The van der Waals surface area contributed by atoms with Crippen LogP contribution in [0.25, 0.3) is 0 Å². The number of rotatable bonds is 7. The summed E-state index contributed by atoms with van der Waals surface area (Å²) in [5.41, 5.74) is 2.26. The van der Waals surface area contributed by atoms with E-state index >= 15 is 0 Å². The Bertz CT molecular complexity index is 1050. The van der Waals surface area contributed by atoms with Crippen molar-refractivity contribution >= 4 is 17.3 Å². The van der Waals surface area contributed by atoms with Gasteiger partial charge in [-0.1, -0.05) is 35.9 Å². The first-order valence-electron chi connectivity index (χ1n) is 11.5. The molecule has 33 heavy (non-hydrogen) atoms. The largest absolute Gasteiger partial charge is 0.495 e. The van der Waals surface area contributed by atoms with Crippen LogP contribution in [0.1, 0.15) is 30.3 Å². The lowest BCUT2D eigenvalue weighted by atomic mass is 10.0. The highest BCUT2D eigenvalue weighted by Gasteiger charge is 2.32. The second-order valence-corrected chi connectivity index (χ2v) is 8.94. The third-order valence-electron chi connectivity index (χ3n) is 6.50. The molecule has 2 aliphatic rings. The van der Waals surface area contributed by atoms with Crippen molar-refractivity contribution in [1.29, 1.82) is 0 Å². The molecule has 9 heteroatoms. The van der Waals surface area contributed by atoms with Crippen molar-refractivity contribution in [2.75, 3.05) is 44.8 Å². The minimum Gasteiger partial charge on any atom is -0.495 e. The van der Waals surface area contributed by atoms with Gasteiger partial charge in [-0.3, -0.25) is 4.90 Å². The summed E-state index contributed by atoms with van der Waals surface area (Å²) in [6.07, 6.45) is 2.30. The van der Waals surface area contributed by atoms with E-state index in [9.17, 15) is 0 Å². The zero-order chi connectivity index (χ0) is 22.6. The van der Waals surface area contributed by atoms with Gasteiger partial charge in [0.15, 0.2) is 5.82 Å². The first-order valence-corrected chi connectivity index (χ1v) is 11.9. The quantitative estimate of drug-likeness (QED) is 0.526. The molecule has 0 spiro atoms. The van der Waals surface area contributed by atoms with Crippen molar-refractivity contribution in [1.82, 2.24) is 25.1 Å². The summed E-state index contributed by atoms with van der Waals surface area (Å²) >= 11 is 6.19. The van der Waals surface area contributed by atoms with Gasteiger partial charge in [0.2, 0.25) is 0 Å². The molecule has 0 N–H and O–H groups in total. The standard InChI is InChI=1S/C24H29ClN6O2/c1-32-22-7-3-2-6-21(22)29-12-14-30(15-13-29)23(18-8-10-19(25)11-9-18)24-26-27-28-31(24)17-20-5-4-16-33-20/h2-3,6-11,20,23H,4-5,12-17H2,1H3. The van der Waals surface area contributed by atoms with E-state index in [0.29, 0.717) is 6.54 Å². The van der Waals surface area contributed by atoms with Crippen LogP contribution in [0, 0.1) is 0 Å². The van der Waals surface area contributed by atoms with Gasteiger partial charge >= 0.3 is 0 Å². The second kappa shape index (κ2) is 10.1. The van der Waals surface area contributed by atoms with Gasteiger partial charge in [0.25, 0.3) is 0 Å². The molecule has 1 aromatic heterocycles. The molecule has 2 aromatic carbocycles. The summed E-state index contributed by atoms with van der Waals surface area (Å²) in [7, 11) is 1.72. The van der Waals surface area contributed by atoms with Gasteiger partial charge in [-0.2, -0.15) is 0 Å². The van der Waals surface area contributed by atoms with Crippen molar-refractivity contribution < 1.29 is 9.47 Å². The number of benzene rings is 2. The molecule has 0 aliphatic carbocycles. The molecule has 2 unspecified atom stereocenters. The lowest BCUT2D eigenvalue weighted by Crippen LogP contribution is -2.48. The second-order valence-electron chi connectivity index (χ2n) is 8.50. The maximum atomic E-state index is 6.19. The molecule has 2 saturated heterocycles. The van der Waals surface area contributed by atoms with Crippen LogP contribution in [-0.2, 0) is 11.3 Å². The molecule has 3 heterocycles. The van der Waals surface area contributed by atoms with Crippen LogP contribution in [0.15, 0.2) is 48.5 Å². The predicted octanol–water partition coefficient (Wildman–Crippen LogP) is 3.43. The van der Waals surface area contributed by atoms with Crippen molar-refractivity contribution in [2.24, 2.45) is 0 Å². The number of para-hydroxylation sites is 2. The average Bonchev–Trinajstić information content (AvgIpc) is 3.54. The molecular weight excluding hydrogens is 440 g/mol. The molecule has 0 saturated carbocycles. The van der Waals surface area contributed by atoms with Gasteiger partial charge in [0, 0.05) is 37.8 Å². The van der Waals surface area contributed by atoms with E-state index in [-0.39, 0.29) is 12.1 Å². The van der Waals surface area contributed by atoms with Gasteiger partial charge in [0.05, 0.1) is 31.5 Å². The Hall–Kier alpha value is -2.68. The van der Waals surface area contributed by atoms with Gasteiger partial charge in [0.1, 0.15) is 5.75 Å². The normalized spacial score (nSPS) is 20.2. The van der Waals surface area contributed by atoms with Crippen molar-refractivity contribution in [3.63, 3.8) is 0 Å². The smallest absolute Gasteiger partial charge is 0.173 e. The number of ether oxygens (including phenoxy) is 2. The van der Waals surface area contributed by atoms with Gasteiger partial charge in [-0.25, -0.2) is 4.68 Å². The fraction of sp³-hybridized carbons (Fsp3) is 0.458. The van der Waals surface area contributed by atoms with Crippen molar-refractivity contribution in [3.8, 4) is 5.75 Å². The number of hydrogen-bond acceptors (Lipinski definition) is 7. The molecule has 0 amide bonds. The monoisotopic (exact) mass is 468 g/mol. The van der Waals surface area contributed by atoms with Gasteiger partial charge in [-0.05, 0) is 53.1 Å². The van der Waals surface area contributed by atoms with Crippen LogP contribution in [0.4, 0.5) is 5.69 Å². The van der Waals surface area contributed by atoms with Crippen molar-refractivity contribution in [2.45, 2.75) is 31.5 Å². The molecule has 2 fully saturated rings. The Kier molecular flexibility index (Phi) is 6.75. The van der Waals surface area contributed by atoms with E-state index in [1.165, 1.54) is 0 Å². The zero-order valence-electron chi connectivity index (χ0n) is 18.8. The summed E-state index contributed by atoms with van der Waals surface area (Å²) in [6.45, 7) is 5.01.